The normalized spacial score (nSPS) is 12.8. The van der Waals surface area contributed by atoms with E-state index in [0.717, 1.165) is 27.8 Å². The molecule has 4 rings (SSSR count). The Bertz CT molecular complexity index is 906. The van der Waals surface area contributed by atoms with E-state index in [-0.39, 0.29) is 12.1 Å². The van der Waals surface area contributed by atoms with Crippen LogP contribution in [0, 0.1) is 6.92 Å². The summed E-state index contributed by atoms with van der Waals surface area (Å²) >= 11 is 0. The minimum atomic E-state index is -0.345. The lowest BCUT2D eigenvalue weighted by atomic mass is 10.1. The second kappa shape index (κ2) is 6.40. The Hall–Kier alpha value is -3.13. The standard InChI is InChI=1S/C23H18O2/c1-16-10-12-17(13-11-16)14-15-22(24)25-23-20-8-4-2-6-18(20)19-7-3-5-9-21(19)23/h2-15,23H,1H3/b15-14+. The molecule has 0 atom stereocenters. The Balaban J connectivity index is 1.58. The van der Waals surface area contributed by atoms with E-state index in [2.05, 4.69) is 12.1 Å². The maximum absolute atomic E-state index is 12.3. The lowest BCUT2D eigenvalue weighted by Gasteiger charge is -2.13. The smallest absolute Gasteiger partial charge is 0.331 e. The van der Waals surface area contributed by atoms with Crippen LogP contribution in [0.4, 0.5) is 0 Å². The molecule has 2 heteroatoms. The monoisotopic (exact) mass is 326 g/mol. The van der Waals surface area contributed by atoms with Crippen molar-refractivity contribution in [2.45, 2.75) is 13.0 Å². The van der Waals surface area contributed by atoms with Crippen LogP contribution in [0.2, 0.25) is 0 Å². The minimum absolute atomic E-state index is 0.336. The number of aryl methyl sites for hydroxylation is 1. The molecular formula is C23H18O2. The van der Waals surface area contributed by atoms with E-state index in [1.165, 1.54) is 11.6 Å². The van der Waals surface area contributed by atoms with Crippen LogP contribution in [0.15, 0.2) is 78.9 Å². The Labute approximate surface area is 147 Å². The average Bonchev–Trinajstić information content (AvgIpc) is 2.96. The minimum Gasteiger partial charge on any atom is -0.449 e. The zero-order valence-electron chi connectivity index (χ0n) is 14.0. The van der Waals surface area contributed by atoms with Gasteiger partial charge in [-0.1, -0.05) is 78.4 Å². The van der Waals surface area contributed by atoms with Gasteiger partial charge in [-0.25, -0.2) is 4.79 Å². The summed E-state index contributed by atoms with van der Waals surface area (Å²) in [6.45, 7) is 2.04. The molecule has 0 heterocycles. The topological polar surface area (TPSA) is 26.3 Å². The van der Waals surface area contributed by atoms with Crippen molar-refractivity contribution in [3.05, 3.63) is 101 Å². The van der Waals surface area contributed by atoms with Gasteiger partial charge >= 0.3 is 5.97 Å². The van der Waals surface area contributed by atoms with Gasteiger partial charge in [-0.15, -0.1) is 0 Å². The maximum Gasteiger partial charge on any atom is 0.331 e. The third-order valence-corrected chi connectivity index (χ3v) is 4.50. The van der Waals surface area contributed by atoms with Crippen LogP contribution in [0.5, 0.6) is 0 Å². The lowest BCUT2D eigenvalue weighted by molar-refractivity contribution is -0.141. The number of hydrogen-bond acceptors (Lipinski definition) is 2. The van der Waals surface area contributed by atoms with E-state index >= 15 is 0 Å². The molecule has 2 nitrogen and oxygen atoms in total. The van der Waals surface area contributed by atoms with E-state index in [1.54, 1.807) is 6.08 Å². The molecule has 0 N–H and O–H groups in total. The van der Waals surface area contributed by atoms with Crippen LogP contribution in [0.25, 0.3) is 17.2 Å². The predicted octanol–water partition coefficient (Wildman–Crippen LogP) is 5.32. The van der Waals surface area contributed by atoms with Gasteiger partial charge < -0.3 is 4.74 Å². The van der Waals surface area contributed by atoms with Gasteiger partial charge in [-0.2, -0.15) is 0 Å². The first-order chi connectivity index (χ1) is 12.2. The van der Waals surface area contributed by atoms with Crippen molar-refractivity contribution in [3.8, 4) is 11.1 Å². The molecule has 1 aliphatic carbocycles. The summed E-state index contributed by atoms with van der Waals surface area (Å²) in [4.78, 5) is 12.3. The van der Waals surface area contributed by atoms with E-state index < -0.39 is 0 Å². The molecule has 0 saturated heterocycles. The van der Waals surface area contributed by atoms with Gasteiger partial charge in [0.05, 0.1) is 0 Å². The number of rotatable bonds is 3. The van der Waals surface area contributed by atoms with Gasteiger partial charge in [0.1, 0.15) is 0 Å². The molecule has 0 radical (unpaired) electrons. The summed E-state index contributed by atoms with van der Waals surface area (Å²) in [6.07, 6.45) is 2.94. The zero-order valence-corrected chi connectivity index (χ0v) is 14.0. The Morgan fingerprint density at radius 1 is 0.840 bits per heavy atom. The second-order valence-electron chi connectivity index (χ2n) is 6.24. The molecule has 0 amide bonds. The number of esters is 1. The van der Waals surface area contributed by atoms with Crippen LogP contribution in [0.1, 0.15) is 28.4 Å². The van der Waals surface area contributed by atoms with Crippen molar-refractivity contribution in [1.29, 1.82) is 0 Å². The summed E-state index contributed by atoms with van der Waals surface area (Å²) < 4.78 is 5.78. The molecule has 3 aromatic rings. The summed E-state index contributed by atoms with van der Waals surface area (Å²) in [5, 5.41) is 0. The van der Waals surface area contributed by atoms with Gasteiger partial charge in [-0.05, 0) is 29.7 Å². The molecule has 0 bridgehead atoms. The first-order valence-corrected chi connectivity index (χ1v) is 8.36. The molecule has 0 aliphatic heterocycles. The Morgan fingerprint density at radius 3 is 2.00 bits per heavy atom. The highest BCUT2D eigenvalue weighted by molar-refractivity contribution is 5.88. The zero-order chi connectivity index (χ0) is 17.2. The van der Waals surface area contributed by atoms with E-state index in [9.17, 15) is 4.79 Å². The van der Waals surface area contributed by atoms with Crippen molar-refractivity contribution >= 4 is 12.0 Å². The molecule has 0 aromatic heterocycles. The fraction of sp³-hybridized carbons (Fsp3) is 0.0870. The van der Waals surface area contributed by atoms with Gasteiger partial charge in [0.25, 0.3) is 0 Å². The number of carbonyl (C=O) groups is 1. The fourth-order valence-corrected chi connectivity index (χ4v) is 3.23. The summed E-state index contributed by atoms with van der Waals surface area (Å²) in [5.41, 5.74) is 6.53. The lowest BCUT2D eigenvalue weighted by Crippen LogP contribution is -2.08. The highest BCUT2D eigenvalue weighted by Gasteiger charge is 2.30. The number of ether oxygens (including phenoxy) is 1. The first-order valence-electron chi connectivity index (χ1n) is 8.36. The van der Waals surface area contributed by atoms with Crippen LogP contribution < -0.4 is 0 Å². The highest BCUT2D eigenvalue weighted by Crippen LogP contribution is 2.45. The number of benzene rings is 3. The van der Waals surface area contributed by atoms with E-state index in [4.69, 9.17) is 4.74 Å². The highest BCUT2D eigenvalue weighted by atomic mass is 16.5. The van der Waals surface area contributed by atoms with E-state index in [0.29, 0.717) is 0 Å². The van der Waals surface area contributed by atoms with Gasteiger partial charge in [-0.3, -0.25) is 0 Å². The molecular weight excluding hydrogens is 308 g/mol. The van der Waals surface area contributed by atoms with Crippen LogP contribution in [-0.4, -0.2) is 5.97 Å². The van der Waals surface area contributed by atoms with Gasteiger partial charge in [0, 0.05) is 17.2 Å². The summed E-state index contributed by atoms with van der Waals surface area (Å²) in [5.74, 6) is -0.336. The molecule has 1 aliphatic rings. The average molecular weight is 326 g/mol. The van der Waals surface area contributed by atoms with Crippen LogP contribution in [-0.2, 0) is 9.53 Å². The first kappa shape index (κ1) is 15.4. The quantitative estimate of drug-likeness (QED) is 0.481. The van der Waals surface area contributed by atoms with E-state index in [1.807, 2.05) is 67.6 Å². The molecule has 0 saturated carbocycles. The largest absolute Gasteiger partial charge is 0.449 e. The molecule has 25 heavy (non-hydrogen) atoms. The molecule has 0 fully saturated rings. The van der Waals surface area contributed by atoms with Gasteiger partial charge in [0.2, 0.25) is 0 Å². The third-order valence-electron chi connectivity index (χ3n) is 4.50. The van der Waals surface area contributed by atoms with Crippen molar-refractivity contribution in [3.63, 3.8) is 0 Å². The van der Waals surface area contributed by atoms with Crippen molar-refractivity contribution in [1.82, 2.24) is 0 Å². The predicted molar refractivity (Wildman–Crippen MR) is 100 cm³/mol. The number of carbonyl (C=O) groups excluding carboxylic acids is 1. The molecule has 3 aromatic carbocycles. The van der Waals surface area contributed by atoms with Gasteiger partial charge in [0.15, 0.2) is 6.10 Å². The SMILES string of the molecule is Cc1ccc(/C=C/C(=O)OC2c3ccccc3-c3ccccc32)cc1. The third kappa shape index (κ3) is 2.99. The van der Waals surface area contributed by atoms with Crippen LogP contribution in [0.3, 0.4) is 0 Å². The van der Waals surface area contributed by atoms with Crippen molar-refractivity contribution in [2.75, 3.05) is 0 Å². The number of fused-ring (bicyclic) bond motifs is 3. The van der Waals surface area contributed by atoms with Crippen molar-refractivity contribution < 1.29 is 9.53 Å². The van der Waals surface area contributed by atoms with Crippen LogP contribution >= 0.6 is 0 Å². The summed E-state index contributed by atoms with van der Waals surface area (Å²) in [7, 11) is 0. The molecule has 0 unspecified atom stereocenters. The number of hydrogen-bond donors (Lipinski definition) is 0. The molecule has 122 valence electrons. The maximum atomic E-state index is 12.3. The Morgan fingerprint density at radius 2 is 1.40 bits per heavy atom. The fourth-order valence-electron chi connectivity index (χ4n) is 3.23. The molecule has 0 spiro atoms. The van der Waals surface area contributed by atoms with Crippen molar-refractivity contribution in [2.24, 2.45) is 0 Å². The second-order valence-corrected chi connectivity index (χ2v) is 6.24. The Kier molecular flexibility index (Phi) is 3.95. The summed E-state index contributed by atoms with van der Waals surface area (Å²) in [6, 6.07) is 24.2.